The van der Waals surface area contributed by atoms with Crippen LogP contribution in [0.25, 0.3) is 0 Å². The van der Waals surface area contributed by atoms with Crippen molar-refractivity contribution in [1.82, 2.24) is 5.32 Å². The summed E-state index contributed by atoms with van der Waals surface area (Å²) in [5.74, 6) is -1.27. The van der Waals surface area contributed by atoms with E-state index in [1.54, 1.807) is 5.32 Å². The van der Waals surface area contributed by atoms with Crippen molar-refractivity contribution in [2.45, 2.75) is 18.9 Å². The van der Waals surface area contributed by atoms with E-state index in [-0.39, 0.29) is 12.8 Å². The number of carbonyl (C=O) groups is 3. The van der Waals surface area contributed by atoms with Gasteiger partial charge in [0, 0.05) is 6.42 Å². The molecule has 0 fully saturated rings. The zero-order chi connectivity index (χ0) is 10.4. The molecule has 0 aromatic rings. The van der Waals surface area contributed by atoms with Crippen LogP contribution < -0.4 is 22.5 Å². The first-order valence-electron chi connectivity index (χ1n) is 3.57. The van der Waals surface area contributed by atoms with Crippen molar-refractivity contribution in [2.24, 2.45) is 17.2 Å². The van der Waals surface area contributed by atoms with Gasteiger partial charge in [-0.05, 0) is 6.42 Å². The van der Waals surface area contributed by atoms with Gasteiger partial charge in [-0.3, -0.25) is 14.9 Å². The van der Waals surface area contributed by atoms with Gasteiger partial charge >= 0.3 is 6.03 Å². The van der Waals surface area contributed by atoms with Crippen molar-refractivity contribution in [3.63, 3.8) is 0 Å². The molecule has 74 valence electrons. The van der Waals surface area contributed by atoms with E-state index in [0.29, 0.717) is 0 Å². The van der Waals surface area contributed by atoms with Gasteiger partial charge in [-0.1, -0.05) is 0 Å². The van der Waals surface area contributed by atoms with Crippen molar-refractivity contribution >= 4 is 17.8 Å². The molecule has 1 atom stereocenters. The van der Waals surface area contributed by atoms with Crippen LogP contribution in [0.2, 0.25) is 0 Å². The number of nitrogens with one attached hydrogen (secondary N) is 1. The zero-order valence-corrected chi connectivity index (χ0v) is 6.95. The molecule has 0 aromatic carbocycles. The lowest BCUT2D eigenvalue weighted by molar-refractivity contribution is -0.121. The van der Waals surface area contributed by atoms with Gasteiger partial charge in [-0.25, -0.2) is 4.79 Å². The molecular weight excluding hydrogens is 176 g/mol. The average molecular weight is 188 g/mol. The first kappa shape index (κ1) is 11.4. The summed E-state index contributed by atoms with van der Waals surface area (Å²) in [5, 5.41) is 1.79. The summed E-state index contributed by atoms with van der Waals surface area (Å²) in [7, 11) is 0. The van der Waals surface area contributed by atoms with Gasteiger partial charge in [0.2, 0.25) is 11.8 Å². The SMILES string of the molecule is NC(=O)CC[C@H](N)C(=O)NC(N)=O. The lowest BCUT2D eigenvalue weighted by atomic mass is 10.1. The van der Waals surface area contributed by atoms with Crippen molar-refractivity contribution < 1.29 is 14.4 Å². The largest absolute Gasteiger partial charge is 0.370 e. The minimum atomic E-state index is -0.973. The third kappa shape index (κ3) is 5.62. The molecule has 0 unspecified atom stereocenters. The quantitative estimate of drug-likeness (QED) is 0.396. The summed E-state index contributed by atoms with van der Waals surface area (Å²) in [4.78, 5) is 31.4. The monoisotopic (exact) mass is 188 g/mol. The maximum absolute atomic E-state index is 10.9. The van der Waals surface area contributed by atoms with Crippen LogP contribution in [0.4, 0.5) is 4.79 Å². The Morgan fingerprint density at radius 1 is 1.23 bits per heavy atom. The number of rotatable bonds is 4. The minimum absolute atomic E-state index is 0.00660. The van der Waals surface area contributed by atoms with Gasteiger partial charge in [-0.15, -0.1) is 0 Å². The molecule has 0 radical (unpaired) electrons. The number of hydrogen-bond acceptors (Lipinski definition) is 4. The molecule has 0 aliphatic heterocycles. The molecule has 0 saturated heterocycles. The molecule has 0 rings (SSSR count). The Bertz CT molecular complexity index is 228. The van der Waals surface area contributed by atoms with E-state index in [1.807, 2.05) is 0 Å². The molecule has 0 aliphatic carbocycles. The van der Waals surface area contributed by atoms with Gasteiger partial charge in [0.25, 0.3) is 0 Å². The first-order valence-corrected chi connectivity index (χ1v) is 3.57. The van der Waals surface area contributed by atoms with Crippen LogP contribution >= 0.6 is 0 Å². The number of nitrogens with two attached hydrogens (primary N) is 3. The molecule has 0 aliphatic rings. The standard InChI is InChI=1S/C6H12N4O3/c7-3(1-2-4(8)11)5(12)10-6(9)13/h3H,1-2,7H2,(H2,8,11)(H3,9,10,12,13)/t3-/m0/s1. The first-order chi connectivity index (χ1) is 5.93. The number of urea groups is 1. The molecule has 7 nitrogen and oxygen atoms in total. The Morgan fingerprint density at radius 2 is 1.77 bits per heavy atom. The van der Waals surface area contributed by atoms with Crippen molar-refractivity contribution in [3.8, 4) is 0 Å². The average Bonchev–Trinajstić information content (AvgIpc) is 1.98. The second kappa shape index (κ2) is 5.09. The van der Waals surface area contributed by atoms with Gasteiger partial charge in [0.15, 0.2) is 0 Å². The van der Waals surface area contributed by atoms with Gasteiger partial charge in [-0.2, -0.15) is 0 Å². The number of carbonyl (C=O) groups excluding carboxylic acids is 3. The van der Waals surface area contributed by atoms with E-state index in [0.717, 1.165) is 0 Å². The van der Waals surface area contributed by atoms with E-state index in [4.69, 9.17) is 11.5 Å². The Balaban J connectivity index is 3.82. The predicted octanol–water partition coefficient (Wildman–Crippen LogP) is -2.23. The summed E-state index contributed by atoms with van der Waals surface area (Å²) in [6, 6.07) is -1.92. The normalized spacial score (nSPS) is 11.8. The molecule has 13 heavy (non-hydrogen) atoms. The Kier molecular flexibility index (Phi) is 4.45. The molecule has 4 amide bonds. The van der Waals surface area contributed by atoms with E-state index >= 15 is 0 Å². The second-order valence-corrected chi connectivity index (χ2v) is 2.46. The highest BCUT2D eigenvalue weighted by molar-refractivity contribution is 5.96. The van der Waals surface area contributed by atoms with E-state index in [2.05, 4.69) is 5.73 Å². The molecule has 0 heterocycles. The van der Waals surface area contributed by atoms with Crippen LogP contribution in [0.15, 0.2) is 0 Å². The van der Waals surface area contributed by atoms with Crippen LogP contribution in [-0.4, -0.2) is 23.9 Å². The maximum Gasteiger partial charge on any atom is 0.318 e. The molecule has 0 spiro atoms. The second-order valence-electron chi connectivity index (χ2n) is 2.46. The minimum Gasteiger partial charge on any atom is -0.370 e. The predicted molar refractivity (Wildman–Crippen MR) is 44.1 cm³/mol. The lowest BCUT2D eigenvalue weighted by Crippen LogP contribution is -2.45. The van der Waals surface area contributed by atoms with Crippen molar-refractivity contribution in [2.75, 3.05) is 0 Å². The van der Waals surface area contributed by atoms with Crippen LogP contribution in [0.5, 0.6) is 0 Å². The summed E-state index contributed by atoms with van der Waals surface area (Å²) in [6.07, 6.45) is 0.0851. The number of amides is 4. The zero-order valence-electron chi connectivity index (χ0n) is 6.95. The fourth-order valence-electron chi connectivity index (χ4n) is 0.643. The highest BCUT2D eigenvalue weighted by Gasteiger charge is 2.15. The molecule has 0 saturated carbocycles. The Morgan fingerprint density at radius 3 is 2.15 bits per heavy atom. The molecule has 0 aromatic heterocycles. The molecule has 7 N–H and O–H groups in total. The summed E-state index contributed by atoms with van der Waals surface area (Å²) in [6.45, 7) is 0. The van der Waals surface area contributed by atoms with Gasteiger partial charge in [0.05, 0.1) is 6.04 Å². The van der Waals surface area contributed by atoms with Crippen molar-refractivity contribution in [3.05, 3.63) is 0 Å². The van der Waals surface area contributed by atoms with Crippen molar-refractivity contribution in [1.29, 1.82) is 0 Å². The third-order valence-corrected chi connectivity index (χ3v) is 1.28. The van der Waals surface area contributed by atoms with Crippen LogP contribution in [0, 0.1) is 0 Å². The van der Waals surface area contributed by atoms with Crippen LogP contribution in [0.1, 0.15) is 12.8 Å². The number of hydrogen-bond donors (Lipinski definition) is 4. The van der Waals surface area contributed by atoms with Gasteiger partial charge in [0.1, 0.15) is 0 Å². The van der Waals surface area contributed by atoms with Gasteiger partial charge < -0.3 is 17.2 Å². The molecular formula is C6H12N4O3. The van der Waals surface area contributed by atoms with Crippen LogP contribution in [0.3, 0.4) is 0 Å². The number of primary amides is 2. The Hall–Kier alpha value is -1.63. The Labute approximate surface area is 74.6 Å². The third-order valence-electron chi connectivity index (χ3n) is 1.28. The lowest BCUT2D eigenvalue weighted by Gasteiger charge is -2.08. The van der Waals surface area contributed by atoms with E-state index < -0.39 is 23.9 Å². The molecule has 0 bridgehead atoms. The highest BCUT2D eigenvalue weighted by Crippen LogP contribution is 1.93. The summed E-state index contributed by atoms with van der Waals surface area (Å²) >= 11 is 0. The fraction of sp³-hybridized carbons (Fsp3) is 0.500. The fourth-order valence-corrected chi connectivity index (χ4v) is 0.643. The van der Waals surface area contributed by atoms with E-state index in [9.17, 15) is 14.4 Å². The maximum atomic E-state index is 10.9. The summed E-state index contributed by atoms with van der Waals surface area (Å²) < 4.78 is 0. The smallest absolute Gasteiger partial charge is 0.318 e. The highest BCUT2D eigenvalue weighted by atomic mass is 16.2. The van der Waals surface area contributed by atoms with Crippen LogP contribution in [-0.2, 0) is 9.59 Å². The molecule has 7 heteroatoms. The topological polar surface area (TPSA) is 141 Å². The van der Waals surface area contributed by atoms with E-state index in [1.165, 1.54) is 0 Å². The number of imide groups is 1. The summed E-state index contributed by atoms with van der Waals surface area (Å²) in [5.41, 5.74) is 14.8.